The maximum atomic E-state index is 13.9. The molecule has 3 rings (SSSR count). The number of rotatable bonds is 3. The van der Waals surface area contributed by atoms with Crippen LogP contribution in [0.25, 0.3) is 0 Å². The molecule has 2 aromatic carbocycles. The Morgan fingerprint density at radius 3 is 2.22 bits per heavy atom. The maximum absolute atomic E-state index is 13.9. The monoisotopic (exact) mass is 334 g/mol. The predicted octanol–water partition coefficient (Wildman–Crippen LogP) is 3.48. The summed E-state index contributed by atoms with van der Waals surface area (Å²) in [6.45, 7) is 0. The Labute approximate surface area is 135 Å². The summed E-state index contributed by atoms with van der Waals surface area (Å²) in [4.78, 5) is 27.1. The Bertz CT molecular complexity index is 784. The quantitative estimate of drug-likeness (QED) is 0.807. The van der Waals surface area contributed by atoms with Crippen LogP contribution in [0.1, 0.15) is 0 Å². The van der Waals surface area contributed by atoms with E-state index in [-0.39, 0.29) is 10.6 Å². The Hall–Kier alpha value is -2.41. The van der Waals surface area contributed by atoms with E-state index in [1.807, 2.05) is 0 Å². The van der Waals surface area contributed by atoms with Crippen LogP contribution in [0.3, 0.4) is 0 Å². The van der Waals surface area contributed by atoms with Crippen LogP contribution in [0.15, 0.2) is 53.4 Å². The summed E-state index contributed by atoms with van der Waals surface area (Å²) < 4.78 is 27.7. The molecule has 0 spiro atoms. The number of likely N-dealkylation sites (N-methyl/N-ethyl adjacent to an activating group) is 1. The number of carbonyl (C=O) groups excluding carboxylic acids is 2. The molecule has 118 valence electrons. The van der Waals surface area contributed by atoms with Gasteiger partial charge in [0.1, 0.15) is 11.6 Å². The van der Waals surface area contributed by atoms with Gasteiger partial charge in [-0.05, 0) is 24.3 Å². The highest BCUT2D eigenvalue weighted by molar-refractivity contribution is 8.00. The Morgan fingerprint density at radius 1 is 0.957 bits per heavy atom. The average Bonchev–Trinajstić information content (AvgIpc) is 2.74. The number of thioether (sulfide) groups is 1. The second-order valence-electron chi connectivity index (χ2n) is 4.92. The van der Waals surface area contributed by atoms with Crippen molar-refractivity contribution in [2.24, 2.45) is 0 Å². The fourth-order valence-electron chi connectivity index (χ4n) is 2.27. The van der Waals surface area contributed by atoms with Crippen molar-refractivity contribution in [2.45, 2.75) is 10.3 Å². The SMILES string of the molecule is CN1C(=O)N(c2ccccc2F)C(=O)C1Sc1ccccc1F. The zero-order valence-corrected chi connectivity index (χ0v) is 12.9. The Morgan fingerprint density at radius 2 is 1.57 bits per heavy atom. The molecule has 7 heteroatoms. The van der Waals surface area contributed by atoms with E-state index in [0.29, 0.717) is 0 Å². The Kier molecular flexibility index (Phi) is 4.04. The minimum atomic E-state index is -0.945. The first-order valence-corrected chi connectivity index (χ1v) is 7.65. The van der Waals surface area contributed by atoms with E-state index in [1.165, 1.54) is 54.4 Å². The normalized spacial score (nSPS) is 18.0. The summed E-state index contributed by atoms with van der Waals surface area (Å²) in [6, 6.07) is 10.9. The van der Waals surface area contributed by atoms with Gasteiger partial charge in [0.2, 0.25) is 0 Å². The lowest BCUT2D eigenvalue weighted by atomic mass is 10.3. The molecule has 1 atom stereocenters. The molecule has 1 unspecified atom stereocenters. The molecule has 0 bridgehead atoms. The molecule has 0 N–H and O–H groups in total. The fraction of sp³-hybridized carbons (Fsp3) is 0.125. The molecular formula is C16H12F2N2O2S. The first kappa shape index (κ1) is 15.5. The van der Waals surface area contributed by atoms with E-state index < -0.39 is 28.9 Å². The molecule has 0 aliphatic carbocycles. The molecule has 23 heavy (non-hydrogen) atoms. The zero-order valence-electron chi connectivity index (χ0n) is 12.1. The van der Waals surface area contributed by atoms with Gasteiger partial charge in [0, 0.05) is 11.9 Å². The van der Waals surface area contributed by atoms with Gasteiger partial charge >= 0.3 is 6.03 Å². The molecule has 1 saturated heterocycles. The van der Waals surface area contributed by atoms with Crippen molar-refractivity contribution >= 4 is 29.4 Å². The Balaban J connectivity index is 1.93. The van der Waals surface area contributed by atoms with Crippen LogP contribution < -0.4 is 4.90 Å². The van der Waals surface area contributed by atoms with Crippen molar-refractivity contribution in [2.75, 3.05) is 11.9 Å². The van der Waals surface area contributed by atoms with Crippen molar-refractivity contribution in [3.63, 3.8) is 0 Å². The number of urea groups is 1. The third kappa shape index (κ3) is 2.68. The number of anilines is 1. The predicted molar refractivity (Wildman–Crippen MR) is 83.1 cm³/mol. The van der Waals surface area contributed by atoms with Gasteiger partial charge in [0.05, 0.1) is 5.69 Å². The van der Waals surface area contributed by atoms with Crippen LogP contribution in [0.4, 0.5) is 19.3 Å². The first-order chi connectivity index (χ1) is 11.0. The molecule has 0 aromatic heterocycles. The van der Waals surface area contributed by atoms with Crippen molar-refractivity contribution in [3.05, 3.63) is 60.2 Å². The molecule has 1 aliphatic rings. The van der Waals surface area contributed by atoms with E-state index in [4.69, 9.17) is 0 Å². The largest absolute Gasteiger partial charge is 0.332 e. The van der Waals surface area contributed by atoms with Crippen LogP contribution in [-0.4, -0.2) is 29.3 Å². The third-order valence-electron chi connectivity index (χ3n) is 3.45. The molecule has 0 saturated carbocycles. The van der Waals surface area contributed by atoms with Gasteiger partial charge in [-0.1, -0.05) is 36.0 Å². The van der Waals surface area contributed by atoms with Gasteiger partial charge in [0.25, 0.3) is 5.91 Å². The lowest BCUT2D eigenvalue weighted by molar-refractivity contribution is -0.117. The number of imide groups is 1. The topological polar surface area (TPSA) is 40.6 Å². The van der Waals surface area contributed by atoms with Gasteiger partial charge in [0.15, 0.2) is 5.37 Å². The number of hydrogen-bond acceptors (Lipinski definition) is 3. The summed E-state index contributed by atoms with van der Waals surface area (Å²) in [7, 11) is 1.43. The molecule has 4 nitrogen and oxygen atoms in total. The summed E-state index contributed by atoms with van der Waals surface area (Å²) in [5.41, 5.74) is -0.106. The molecule has 1 fully saturated rings. The maximum Gasteiger partial charge on any atom is 0.332 e. The van der Waals surface area contributed by atoms with Crippen LogP contribution >= 0.6 is 11.8 Å². The summed E-state index contributed by atoms with van der Waals surface area (Å²) >= 11 is 0.918. The van der Waals surface area contributed by atoms with Crippen LogP contribution in [0.5, 0.6) is 0 Å². The van der Waals surface area contributed by atoms with Gasteiger partial charge in [-0.25, -0.2) is 18.5 Å². The first-order valence-electron chi connectivity index (χ1n) is 6.77. The lowest BCUT2D eigenvalue weighted by Crippen LogP contribution is -2.32. The number of carbonyl (C=O) groups is 2. The van der Waals surface area contributed by atoms with Crippen molar-refractivity contribution in [3.8, 4) is 0 Å². The minimum absolute atomic E-state index is 0.106. The van der Waals surface area contributed by atoms with Crippen molar-refractivity contribution < 1.29 is 18.4 Å². The molecule has 0 radical (unpaired) electrons. The number of benzene rings is 2. The fourth-order valence-corrected chi connectivity index (χ4v) is 3.31. The number of para-hydroxylation sites is 1. The standard InChI is InChI=1S/C16H12F2N2O2S/c1-19-15(23-13-9-5-3-7-11(13)18)14(21)20(16(19)22)12-8-4-2-6-10(12)17/h2-9,15H,1H3. The van der Waals surface area contributed by atoms with Crippen molar-refractivity contribution in [1.29, 1.82) is 0 Å². The van der Waals surface area contributed by atoms with Gasteiger partial charge in [-0.15, -0.1) is 0 Å². The minimum Gasteiger partial charge on any atom is -0.306 e. The second kappa shape index (κ2) is 6.00. The van der Waals surface area contributed by atoms with Crippen molar-refractivity contribution in [1.82, 2.24) is 4.90 Å². The molecular weight excluding hydrogens is 322 g/mol. The van der Waals surface area contributed by atoms with Crippen LogP contribution in [-0.2, 0) is 4.79 Å². The zero-order chi connectivity index (χ0) is 16.6. The smallest absolute Gasteiger partial charge is 0.306 e. The molecule has 1 aliphatic heterocycles. The summed E-state index contributed by atoms with van der Waals surface area (Å²) in [6.07, 6.45) is 0. The van der Waals surface area contributed by atoms with Gasteiger partial charge in [-0.2, -0.15) is 0 Å². The highest BCUT2D eigenvalue weighted by atomic mass is 32.2. The summed E-state index contributed by atoms with van der Waals surface area (Å²) in [5, 5.41) is -0.945. The third-order valence-corrected chi connectivity index (χ3v) is 4.77. The number of amides is 3. The number of halogens is 2. The average molecular weight is 334 g/mol. The molecule has 1 heterocycles. The molecule has 3 amide bonds. The number of nitrogens with zero attached hydrogens (tertiary/aromatic N) is 2. The van der Waals surface area contributed by atoms with E-state index in [9.17, 15) is 18.4 Å². The van der Waals surface area contributed by atoms with Gasteiger partial charge < -0.3 is 4.90 Å². The van der Waals surface area contributed by atoms with Gasteiger partial charge in [-0.3, -0.25) is 4.79 Å². The number of hydrogen-bond donors (Lipinski definition) is 0. The van der Waals surface area contributed by atoms with E-state index in [0.717, 1.165) is 16.7 Å². The van der Waals surface area contributed by atoms with E-state index >= 15 is 0 Å². The molecule has 2 aromatic rings. The van der Waals surface area contributed by atoms with E-state index in [2.05, 4.69) is 0 Å². The lowest BCUT2D eigenvalue weighted by Gasteiger charge is -2.15. The highest BCUT2D eigenvalue weighted by Gasteiger charge is 2.45. The second-order valence-corrected chi connectivity index (χ2v) is 6.04. The van der Waals surface area contributed by atoms with Crippen LogP contribution in [0.2, 0.25) is 0 Å². The van der Waals surface area contributed by atoms with Crippen LogP contribution in [0, 0.1) is 11.6 Å². The van der Waals surface area contributed by atoms with E-state index in [1.54, 1.807) is 6.07 Å². The summed E-state index contributed by atoms with van der Waals surface area (Å²) in [5.74, 6) is -1.74. The highest BCUT2D eigenvalue weighted by Crippen LogP contribution is 2.35.